The Kier molecular flexibility index (Phi) is 9.58. The van der Waals surface area contributed by atoms with Gasteiger partial charge in [-0.2, -0.15) is 0 Å². The first-order valence-electron chi connectivity index (χ1n) is 16.3. The van der Waals surface area contributed by atoms with Gasteiger partial charge in [-0.1, -0.05) is 0 Å². The van der Waals surface area contributed by atoms with Gasteiger partial charge in [0.15, 0.2) is 0 Å². The number of halogens is 10. The van der Waals surface area contributed by atoms with Crippen LogP contribution in [0.15, 0.2) is 47.5 Å². The molecule has 0 aliphatic heterocycles. The van der Waals surface area contributed by atoms with Gasteiger partial charge < -0.3 is 0 Å². The first-order valence-corrected chi connectivity index (χ1v) is 32.6. The Bertz CT molecular complexity index is 1990. The number of benzene rings is 4. The van der Waals surface area contributed by atoms with Crippen LogP contribution < -0.4 is 0 Å². The first-order chi connectivity index (χ1) is 23.4. The third kappa shape index (κ3) is 5.05. The van der Waals surface area contributed by atoms with Crippen molar-refractivity contribution >= 4 is 35.1 Å². The van der Waals surface area contributed by atoms with E-state index < -0.39 is 97.5 Å². The first kappa shape index (κ1) is 37.2. The molecule has 0 bridgehead atoms. The van der Waals surface area contributed by atoms with Gasteiger partial charge in [0.2, 0.25) is 0 Å². The Hall–Kier alpha value is -2.52. The van der Waals surface area contributed by atoms with E-state index >= 15 is 17.6 Å². The van der Waals surface area contributed by atoms with Crippen LogP contribution in [0.1, 0.15) is 67.3 Å². The second-order valence-corrected chi connectivity index (χ2v) is 56.0. The molecule has 0 fully saturated rings. The van der Waals surface area contributed by atoms with E-state index in [-0.39, 0.29) is 11.1 Å². The molecule has 4 aromatic rings. The second-order valence-electron chi connectivity index (χ2n) is 13.5. The van der Waals surface area contributed by atoms with E-state index in [4.69, 9.17) is 17.0 Å². The predicted molar refractivity (Wildman–Crippen MR) is 185 cm³/mol. The van der Waals surface area contributed by atoms with E-state index in [0.29, 0.717) is 35.1 Å². The normalized spacial score (nSPS) is 17.8. The Morgan fingerprint density at radius 1 is 0.560 bits per heavy atom. The molecule has 0 heterocycles. The van der Waals surface area contributed by atoms with Gasteiger partial charge >= 0.3 is 296 Å². The van der Waals surface area contributed by atoms with E-state index in [1.807, 2.05) is 26.9 Å². The maximum absolute atomic E-state index is 15.4. The van der Waals surface area contributed by atoms with Crippen molar-refractivity contribution in [2.75, 3.05) is 0 Å². The Labute approximate surface area is 294 Å². The van der Waals surface area contributed by atoms with Gasteiger partial charge in [0, 0.05) is 0 Å². The van der Waals surface area contributed by atoms with Gasteiger partial charge in [0.25, 0.3) is 0 Å². The molecule has 12 heteroatoms. The van der Waals surface area contributed by atoms with Crippen LogP contribution in [-0.4, -0.2) is 5.92 Å². The number of allylic oxidation sites excluding steroid dienone is 2. The van der Waals surface area contributed by atoms with Crippen molar-refractivity contribution in [3.8, 4) is 22.3 Å². The Morgan fingerprint density at radius 3 is 1.16 bits per heavy atom. The number of rotatable bonds is 7. The van der Waals surface area contributed by atoms with Crippen LogP contribution >= 0.6 is 17.0 Å². The van der Waals surface area contributed by atoms with Gasteiger partial charge in [0.05, 0.1) is 0 Å². The SMILES string of the molecule is CCC1=Cc2c(-c3c(F)c(F)c(C)c(F)c3F)cccc2[CH]1[Zr]([Cl])([Cl])([CH]1C(CC)=Cc2c(-c3c(F)c(F)c(C)c(F)c3F)cccc21)[SiH](C)C. The van der Waals surface area contributed by atoms with Crippen LogP contribution in [0, 0.1) is 60.4 Å². The summed E-state index contributed by atoms with van der Waals surface area (Å²) < 4.78 is 120. The van der Waals surface area contributed by atoms with E-state index in [1.54, 1.807) is 36.4 Å². The predicted octanol–water partition coefficient (Wildman–Crippen LogP) is 13.1. The number of hydrogen-bond acceptors (Lipinski definition) is 0. The molecule has 0 N–H and O–H groups in total. The fourth-order valence-electron chi connectivity index (χ4n) is 8.07. The third-order valence-corrected chi connectivity index (χ3v) is 62.7. The minimum absolute atomic E-state index is 0.0468. The van der Waals surface area contributed by atoms with Crippen molar-refractivity contribution < 1.29 is 50.7 Å². The van der Waals surface area contributed by atoms with E-state index in [9.17, 15) is 17.6 Å². The van der Waals surface area contributed by atoms with Crippen molar-refractivity contribution in [3.63, 3.8) is 0 Å². The summed E-state index contributed by atoms with van der Waals surface area (Å²) in [6.07, 6.45) is 4.38. The summed E-state index contributed by atoms with van der Waals surface area (Å²) >= 11 is -5.54. The Balaban J connectivity index is 1.63. The molecule has 0 saturated carbocycles. The molecule has 2 aliphatic carbocycles. The average Bonchev–Trinajstić information content (AvgIpc) is 3.69. The molecule has 4 aromatic carbocycles. The molecular formula is C38H33Cl2F8SiZr. The number of hydrogen-bond donors (Lipinski definition) is 0. The molecule has 0 aromatic heterocycles. The van der Waals surface area contributed by atoms with E-state index in [0.717, 1.165) is 25.0 Å². The van der Waals surface area contributed by atoms with E-state index in [2.05, 4.69) is 0 Å². The molecule has 0 amide bonds. The minimum atomic E-state index is -5.54. The summed E-state index contributed by atoms with van der Waals surface area (Å²) in [6, 6.07) is 9.43. The van der Waals surface area contributed by atoms with Gasteiger partial charge in [-0.15, -0.1) is 0 Å². The van der Waals surface area contributed by atoms with Crippen LogP contribution in [0.2, 0.25) is 13.1 Å². The fraction of sp³-hybridized carbons (Fsp3) is 0.263. The van der Waals surface area contributed by atoms with Crippen molar-refractivity contribution in [1.29, 1.82) is 0 Å². The second kappa shape index (κ2) is 12.9. The molecule has 2 aliphatic rings. The molecule has 2 unspecified atom stereocenters. The van der Waals surface area contributed by atoms with Crippen molar-refractivity contribution in [1.82, 2.24) is 0 Å². The summed E-state index contributed by atoms with van der Waals surface area (Å²) in [4.78, 5) is 0. The zero-order valence-electron chi connectivity index (χ0n) is 28.0. The average molecular weight is 832 g/mol. The molecule has 6 rings (SSSR count). The maximum atomic E-state index is 15.4. The van der Waals surface area contributed by atoms with Crippen LogP contribution in [0.4, 0.5) is 35.1 Å². The van der Waals surface area contributed by atoms with Gasteiger partial charge in [0.1, 0.15) is 0 Å². The summed E-state index contributed by atoms with van der Waals surface area (Å²) in [6.45, 7) is 9.77. The molecule has 0 spiro atoms. The van der Waals surface area contributed by atoms with Crippen LogP contribution in [0.25, 0.3) is 34.4 Å². The number of fused-ring (bicyclic) bond motifs is 2. The van der Waals surface area contributed by atoms with Crippen molar-refractivity contribution in [2.45, 2.75) is 60.9 Å². The van der Waals surface area contributed by atoms with Crippen LogP contribution in [-0.2, 0) is 15.6 Å². The zero-order chi connectivity index (χ0) is 36.8. The molecule has 0 saturated heterocycles. The van der Waals surface area contributed by atoms with Crippen molar-refractivity contribution in [3.05, 3.63) is 127 Å². The summed E-state index contributed by atoms with van der Waals surface area (Å²) in [5.41, 5.74) is 0.158. The molecule has 0 nitrogen and oxygen atoms in total. The molecule has 2 atom stereocenters. The standard InChI is InChI=1S/2C18H13F4.C2H7Si.2ClH.Zr/c2*1-3-10-7-11-5-4-6-12(13(11)8-10)14-17(21)15(19)9(2)16(20)18(14)22;1-3-2;;;/h2*4-8H,3H2,1-2H3;3H,1-2H3;2*1H;/q;;;;;+2/p-2. The van der Waals surface area contributed by atoms with E-state index in [1.165, 1.54) is 12.1 Å². The fourth-order valence-corrected chi connectivity index (χ4v) is 39.9. The van der Waals surface area contributed by atoms with Gasteiger partial charge in [-0.05, 0) is 0 Å². The summed E-state index contributed by atoms with van der Waals surface area (Å²) in [5, 5.41) is 0. The van der Waals surface area contributed by atoms with Gasteiger partial charge in [-0.25, -0.2) is 0 Å². The zero-order valence-corrected chi connectivity index (χ0v) is 33.2. The quantitative estimate of drug-likeness (QED) is 0.0989. The summed E-state index contributed by atoms with van der Waals surface area (Å²) in [7, 11) is 16.5. The molecular weight excluding hydrogens is 799 g/mol. The molecule has 50 heavy (non-hydrogen) atoms. The Morgan fingerprint density at radius 2 is 0.880 bits per heavy atom. The summed E-state index contributed by atoms with van der Waals surface area (Å²) in [5.74, 6) is -14.2. The topological polar surface area (TPSA) is 0 Å². The van der Waals surface area contributed by atoms with Crippen LogP contribution in [0.3, 0.4) is 0 Å². The molecule has 0 radical (unpaired) electrons. The third-order valence-electron chi connectivity index (χ3n) is 10.8. The van der Waals surface area contributed by atoms with Gasteiger partial charge in [-0.3, -0.25) is 0 Å². The van der Waals surface area contributed by atoms with Crippen molar-refractivity contribution in [2.24, 2.45) is 0 Å². The van der Waals surface area contributed by atoms with Crippen LogP contribution in [0.5, 0.6) is 0 Å². The molecule has 263 valence electrons. The monoisotopic (exact) mass is 829 g/mol.